The lowest BCUT2D eigenvalue weighted by molar-refractivity contribution is -0.123. The minimum Gasteiger partial charge on any atom is -0.353 e. The zero-order valence-electron chi connectivity index (χ0n) is 10.8. The molecule has 0 spiro atoms. The SMILES string of the molecule is CC(C)NC(=O)C(C)NCc1cccc(F)c1F. The van der Waals surface area contributed by atoms with Gasteiger partial charge in [-0.25, -0.2) is 8.78 Å². The molecule has 0 saturated heterocycles. The Labute approximate surface area is 106 Å². The predicted octanol–water partition coefficient (Wildman–Crippen LogP) is 1.97. The van der Waals surface area contributed by atoms with Crippen molar-refractivity contribution in [3.63, 3.8) is 0 Å². The van der Waals surface area contributed by atoms with Crippen molar-refractivity contribution < 1.29 is 13.6 Å². The monoisotopic (exact) mass is 256 g/mol. The van der Waals surface area contributed by atoms with E-state index in [4.69, 9.17) is 0 Å². The maximum Gasteiger partial charge on any atom is 0.237 e. The van der Waals surface area contributed by atoms with Crippen molar-refractivity contribution in [3.8, 4) is 0 Å². The van der Waals surface area contributed by atoms with E-state index in [1.165, 1.54) is 12.1 Å². The molecule has 2 N–H and O–H groups in total. The van der Waals surface area contributed by atoms with Crippen LogP contribution in [0.2, 0.25) is 0 Å². The van der Waals surface area contributed by atoms with Gasteiger partial charge in [0, 0.05) is 18.2 Å². The van der Waals surface area contributed by atoms with Gasteiger partial charge in [0.2, 0.25) is 5.91 Å². The summed E-state index contributed by atoms with van der Waals surface area (Å²) in [6, 6.07) is 3.57. The van der Waals surface area contributed by atoms with Crippen molar-refractivity contribution in [1.29, 1.82) is 0 Å². The van der Waals surface area contributed by atoms with E-state index in [0.717, 1.165) is 6.07 Å². The van der Waals surface area contributed by atoms with Gasteiger partial charge in [-0.2, -0.15) is 0 Å². The molecular weight excluding hydrogens is 238 g/mol. The molecule has 18 heavy (non-hydrogen) atoms. The molecule has 0 fully saturated rings. The topological polar surface area (TPSA) is 41.1 Å². The number of halogens is 2. The van der Waals surface area contributed by atoms with Gasteiger partial charge < -0.3 is 10.6 Å². The van der Waals surface area contributed by atoms with Crippen LogP contribution in [-0.4, -0.2) is 18.0 Å². The molecule has 0 aromatic heterocycles. The van der Waals surface area contributed by atoms with E-state index in [2.05, 4.69) is 10.6 Å². The first-order chi connectivity index (χ1) is 8.41. The number of amides is 1. The van der Waals surface area contributed by atoms with Gasteiger partial charge >= 0.3 is 0 Å². The fourth-order valence-corrected chi connectivity index (χ4v) is 1.45. The molecule has 0 bridgehead atoms. The van der Waals surface area contributed by atoms with Crippen LogP contribution < -0.4 is 10.6 Å². The lowest BCUT2D eigenvalue weighted by Gasteiger charge is -2.16. The molecule has 0 aliphatic rings. The van der Waals surface area contributed by atoms with Crippen LogP contribution in [-0.2, 0) is 11.3 Å². The van der Waals surface area contributed by atoms with Crippen LogP contribution in [0.15, 0.2) is 18.2 Å². The second kappa shape index (κ2) is 6.44. The normalized spacial score (nSPS) is 12.6. The minimum absolute atomic E-state index is 0.0488. The number of benzene rings is 1. The van der Waals surface area contributed by atoms with E-state index in [9.17, 15) is 13.6 Å². The summed E-state index contributed by atoms with van der Waals surface area (Å²) < 4.78 is 26.3. The lowest BCUT2D eigenvalue weighted by Crippen LogP contribution is -2.44. The molecule has 0 saturated carbocycles. The molecule has 1 aromatic carbocycles. The average Bonchev–Trinajstić information content (AvgIpc) is 2.29. The fourth-order valence-electron chi connectivity index (χ4n) is 1.45. The lowest BCUT2D eigenvalue weighted by atomic mass is 10.2. The molecule has 3 nitrogen and oxygen atoms in total. The highest BCUT2D eigenvalue weighted by molar-refractivity contribution is 5.81. The first-order valence-corrected chi connectivity index (χ1v) is 5.88. The molecule has 0 aliphatic carbocycles. The maximum atomic E-state index is 13.3. The Morgan fingerprint density at radius 1 is 1.28 bits per heavy atom. The van der Waals surface area contributed by atoms with Crippen molar-refractivity contribution in [2.45, 2.75) is 39.4 Å². The van der Waals surface area contributed by atoms with E-state index < -0.39 is 17.7 Å². The molecule has 1 atom stereocenters. The van der Waals surface area contributed by atoms with Gasteiger partial charge in [-0.15, -0.1) is 0 Å². The van der Waals surface area contributed by atoms with Crippen LogP contribution in [0.5, 0.6) is 0 Å². The third kappa shape index (κ3) is 4.07. The first kappa shape index (κ1) is 14.6. The standard InChI is InChI=1S/C13H18F2N2O/c1-8(2)17-13(18)9(3)16-7-10-5-4-6-11(14)12(10)15/h4-6,8-9,16H,7H2,1-3H3,(H,17,18). The molecular formula is C13H18F2N2O. The average molecular weight is 256 g/mol. The molecule has 1 amide bonds. The zero-order valence-corrected chi connectivity index (χ0v) is 10.8. The van der Waals surface area contributed by atoms with Gasteiger partial charge in [0.15, 0.2) is 11.6 Å². The van der Waals surface area contributed by atoms with E-state index >= 15 is 0 Å². The van der Waals surface area contributed by atoms with E-state index in [1.54, 1.807) is 6.92 Å². The van der Waals surface area contributed by atoms with Gasteiger partial charge in [-0.05, 0) is 26.8 Å². The number of carbonyl (C=O) groups is 1. The summed E-state index contributed by atoms with van der Waals surface area (Å²) in [7, 11) is 0. The third-order valence-electron chi connectivity index (χ3n) is 2.45. The van der Waals surface area contributed by atoms with Crippen LogP contribution in [0.3, 0.4) is 0 Å². The molecule has 5 heteroatoms. The van der Waals surface area contributed by atoms with Crippen molar-refractivity contribution >= 4 is 5.91 Å². The quantitative estimate of drug-likeness (QED) is 0.845. The molecule has 0 aliphatic heterocycles. The summed E-state index contributed by atoms with van der Waals surface area (Å²) in [5.74, 6) is -1.92. The largest absolute Gasteiger partial charge is 0.353 e. The van der Waals surface area contributed by atoms with Crippen molar-refractivity contribution in [2.24, 2.45) is 0 Å². The second-order valence-electron chi connectivity index (χ2n) is 4.48. The molecule has 100 valence electrons. The number of nitrogens with one attached hydrogen (secondary N) is 2. The Kier molecular flexibility index (Phi) is 5.22. The van der Waals surface area contributed by atoms with Gasteiger partial charge in [0.1, 0.15) is 0 Å². The van der Waals surface area contributed by atoms with Crippen molar-refractivity contribution in [2.75, 3.05) is 0 Å². The zero-order chi connectivity index (χ0) is 13.7. The number of carbonyl (C=O) groups excluding carboxylic acids is 1. The highest BCUT2D eigenvalue weighted by Crippen LogP contribution is 2.11. The Bertz CT molecular complexity index is 421. The fraction of sp³-hybridized carbons (Fsp3) is 0.462. The van der Waals surface area contributed by atoms with Crippen molar-refractivity contribution in [1.82, 2.24) is 10.6 Å². The predicted molar refractivity (Wildman–Crippen MR) is 65.9 cm³/mol. The van der Waals surface area contributed by atoms with E-state index in [0.29, 0.717) is 0 Å². The molecule has 1 aromatic rings. The summed E-state index contributed by atoms with van der Waals surface area (Å²) >= 11 is 0. The number of rotatable bonds is 5. The van der Waals surface area contributed by atoms with Crippen LogP contribution in [0.25, 0.3) is 0 Å². The van der Waals surface area contributed by atoms with Gasteiger partial charge in [0.25, 0.3) is 0 Å². The molecule has 0 heterocycles. The van der Waals surface area contributed by atoms with E-state index in [-0.39, 0.29) is 24.1 Å². The summed E-state index contributed by atoms with van der Waals surface area (Å²) in [5, 5.41) is 5.59. The van der Waals surface area contributed by atoms with Crippen LogP contribution >= 0.6 is 0 Å². The molecule has 1 rings (SSSR count). The van der Waals surface area contributed by atoms with Crippen molar-refractivity contribution in [3.05, 3.63) is 35.4 Å². The van der Waals surface area contributed by atoms with E-state index in [1.807, 2.05) is 13.8 Å². The van der Waals surface area contributed by atoms with Crippen LogP contribution in [0.1, 0.15) is 26.3 Å². The Morgan fingerprint density at radius 2 is 1.94 bits per heavy atom. The van der Waals surface area contributed by atoms with Gasteiger partial charge in [-0.3, -0.25) is 4.79 Å². The maximum absolute atomic E-state index is 13.3. The summed E-state index contributed by atoms with van der Waals surface area (Å²) in [5.41, 5.74) is 0.208. The van der Waals surface area contributed by atoms with Crippen LogP contribution in [0, 0.1) is 11.6 Å². The highest BCUT2D eigenvalue weighted by Gasteiger charge is 2.14. The Morgan fingerprint density at radius 3 is 2.56 bits per heavy atom. The van der Waals surface area contributed by atoms with Gasteiger partial charge in [-0.1, -0.05) is 12.1 Å². The third-order valence-corrected chi connectivity index (χ3v) is 2.45. The Hall–Kier alpha value is -1.49. The van der Waals surface area contributed by atoms with Gasteiger partial charge in [0.05, 0.1) is 6.04 Å². The molecule has 0 radical (unpaired) electrons. The number of hydrogen-bond acceptors (Lipinski definition) is 2. The number of hydrogen-bond donors (Lipinski definition) is 2. The highest BCUT2D eigenvalue weighted by atomic mass is 19.2. The summed E-state index contributed by atoms with van der Waals surface area (Å²) in [4.78, 5) is 11.6. The summed E-state index contributed by atoms with van der Waals surface area (Å²) in [6.45, 7) is 5.50. The minimum atomic E-state index is -0.881. The Balaban J connectivity index is 2.55. The first-order valence-electron chi connectivity index (χ1n) is 5.88. The smallest absolute Gasteiger partial charge is 0.237 e. The van der Waals surface area contributed by atoms with Crippen LogP contribution in [0.4, 0.5) is 8.78 Å². The molecule has 1 unspecified atom stereocenters. The second-order valence-corrected chi connectivity index (χ2v) is 4.48. The summed E-state index contributed by atoms with van der Waals surface area (Å²) in [6.07, 6.45) is 0.